The monoisotopic (exact) mass is 340 g/mol. The summed E-state index contributed by atoms with van der Waals surface area (Å²) in [4.78, 5) is 8.48. The minimum absolute atomic E-state index is 0. The molecule has 122 valence electrons. The minimum atomic E-state index is -2.84. The smallest absolute Gasteiger partial charge is 0.387 e. The van der Waals surface area contributed by atoms with Gasteiger partial charge < -0.3 is 13.9 Å². The fourth-order valence-corrected chi connectivity index (χ4v) is 2.15. The summed E-state index contributed by atoms with van der Waals surface area (Å²) in [7, 11) is 0. The molecule has 0 aliphatic carbocycles. The van der Waals surface area contributed by atoms with Gasteiger partial charge in [0, 0.05) is 24.7 Å². The molecule has 0 spiro atoms. The van der Waals surface area contributed by atoms with Gasteiger partial charge in [0.25, 0.3) is 0 Å². The fourth-order valence-electron chi connectivity index (χ4n) is 2.15. The number of ether oxygens (including phenoxy) is 1. The number of rotatable bonds is 5. The molecule has 2 heterocycles. The minimum Gasteiger partial charge on any atom is -0.435 e. The number of nitrogens with zero attached hydrogens (tertiary/aromatic N) is 4. The topological polar surface area (TPSA) is 44.9 Å². The molecule has 0 bridgehead atoms. The second-order valence-corrected chi connectivity index (χ2v) is 4.75. The van der Waals surface area contributed by atoms with Gasteiger partial charge in [0.15, 0.2) is 0 Å². The van der Waals surface area contributed by atoms with Crippen molar-refractivity contribution in [3.63, 3.8) is 0 Å². The third-order valence-corrected chi connectivity index (χ3v) is 3.23. The molecule has 0 aliphatic heterocycles. The lowest BCUT2D eigenvalue weighted by Gasteiger charge is -2.07. The van der Waals surface area contributed by atoms with Gasteiger partial charge in [-0.15, -0.1) is 12.4 Å². The highest BCUT2D eigenvalue weighted by Crippen LogP contribution is 2.19. The van der Waals surface area contributed by atoms with Gasteiger partial charge in [-0.3, -0.25) is 0 Å². The molecule has 23 heavy (non-hydrogen) atoms. The molecule has 3 rings (SSSR count). The van der Waals surface area contributed by atoms with Crippen LogP contribution < -0.4 is 4.74 Å². The summed E-state index contributed by atoms with van der Waals surface area (Å²) in [5, 5.41) is 0. The molecule has 0 aliphatic rings. The number of alkyl halides is 2. The number of hydrogen-bond donors (Lipinski definition) is 0. The van der Waals surface area contributed by atoms with Crippen molar-refractivity contribution in [3.05, 3.63) is 60.7 Å². The van der Waals surface area contributed by atoms with Crippen molar-refractivity contribution >= 4 is 12.4 Å². The molecule has 0 amide bonds. The molecule has 0 radical (unpaired) electrons. The Bertz CT molecular complexity index is 772. The van der Waals surface area contributed by atoms with Crippen LogP contribution in [0.25, 0.3) is 5.69 Å². The Balaban J connectivity index is 0.00000192. The molecular formula is C15H15ClF2N4O. The summed E-state index contributed by atoms with van der Waals surface area (Å²) in [5.74, 6) is 1.02. The van der Waals surface area contributed by atoms with E-state index in [0.29, 0.717) is 12.2 Å². The van der Waals surface area contributed by atoms with Crippen LogP contribution in [0.4, 0.5) is 8.78 Å². The first-order valence-corrected chi connectivity index (χ1v) is 6.67. The predicted molar refractivity (Wildman–Crippen MR) is 83.5 cm³/mol. The molecule has 5 nitrogen and oxygen atoms in total. The van der Waals surface area contributed by atoms with E-state index in [4.69, 9.17) is 0 Å². The number of hydrogen-bond acceptors (Lipinski definition) is 3. The molecule has 0 unspecified atom stereocenters. The van der Waals surface area contributed by atoms with Crippen molar-refractivity contribution in [2.75, 3.05) is 0 Å². The standard InChI is InChI=1S/C15H14F2N4O.ClH/c1-11-18-5-6-20(11)8-12-9-21(10-19-12)13-3-2-4-14(7-13)22-15(16)17;/h2-7,9-10,15H,8H2,1H3;1H. The van der Waals surface area contributed by atoms with Gasteiger partial charge in [0.05, 0.1) is 24.3 Å². The van der Waals surface area contributed by atoms with E-state index < -0.39 is 6.61 Å². The zero-order valence-electron chi connectivity index (χ0n) is 12.3. The third-order valence-electron chi connectivity index (χ3n) is 3.23. The zero-order chi connectivity index (χ0) is 15.5. The first kappa shape index (κ1) is 17.0. The number of aryl methyl sites for hydroxylation is 1. The van der Waals surface area contributed by atoms with Crippen molar-refractivity contribution in [1.82, 2.24) is 19.1 Å². The summed E-state index contributed by atoms with van der Waals surface area (Å²) >= 11 is 0. The van der Waals surface area contributed by atoms with Gasteiger partial charge in [-0.2, -0.15) is 8.78 Å². The third kappa shape index (κ3) is 4.07. The Labute approximate surface area is 138 Å². The first-order chi connectivity index (χ1) is 10.6. The molecule has 2 aromatic heterocycles. The van der Waals surface area contributed by atoms with Crippen LogP contribution in [0.15, 0.2) is 49.2 Å². The van der Waals surface area contributed by atoms with Gasteiger partial charge in [0.1, 0.15) is 11.6 Å². The van der Waals surface area contributed by atoms with Crippen LogP contribution in [0.2, 0.25) is 0 Å². The lowest BCUT2D eigenvalue weighted by Crippen LogP contribution is -2.02. The SMILES string of the molecule is Cc1nccn1Cc1cn(-c2cccc(OC(F)F)c2)cn1.Cl. The van der Waals surface area contributed by atoms with E-state index >= 15 is 0 Å². The van der Waals surface area contributed by atoms with Gasteiger partial charge in [-0.25, -0.2) is 9.97 Å². The molecule has 8 heteroatoms. The van der Waals surface area contributed by atoms with Gasteiger partial charge in [-0.05, 0) is 19.1 Å². The lowest BCUT2D eigenvalue weighted by molar-refractivity contribution is -0.0498. The van der Waals surface area contributed by atoms with E-state index in [1.165, 1.54) is 6.07 Å². The van der Waals surface area contributed by atoms with E-state index in [1.807, 2.05) is 23.9 Å². The van der Waals surface area contributed by atoms with Gasteiger partial charge in [-0.1, -0.05) is 6.07 Å². The van der Waals surface area contributed by atoms with E-state index in [0.717, 1.165) is 11.5 Å². The highest BCUT2D eigenvalue weighted by molar-refractivity contribution is 5.85. The average molecular weight is 341 g/mol. The first-order valence-electron chi connectivity index (χ1n) is 6.67. The number of benzene rings is 1. The Morgan fingerprint density at radius 1 is 1.26 bits per heavy atom. The second kappa shape index (κ2) is 7.23. The maximum atomic E-state index is 12.3. The Morgan fingerprint density at radius 2 is 2.09 bits per heavy atom. The van der Waals surface area contributed by atoms with Gasteiger partial charge in [0.2, 0.25) is 0 Å². The fraction of sp³-hybridized carbons (Fsp3) is 0.200. The van der Waals surface area contributed by atoms with Crippen LogP contribution in [0.1, 0.15) is 11.5 Å². The molecule has 0 saturated heterocycles. The van der Waals surface area contributed by atoms with Crippen molar-refractivity contribution < 1.29 is 13.5 Å². The second-order valence-electron chi connectivity index (χ2n) is 4.75. The van der Waals surface area contributed by atoms with E-state index in [9.17, 15) is 8.78 Å². The summed E-state index contributed by atoms with van der Waals surface area (Å²) in [6.45, 7) is -0.313. The van der Waals surface area contributed by atoms with Crippen LogP contribution in [-0.4, -0.2) is 25.7 Å². The predicted octanol–water partition coefficient (Wildman–Crippen LogP) is 3.45. The van der Waals surface area contributed by atoms with Crippen LogP contribution in [-0.2, 0) is 6.54 Å². The van der Waals surface area contributed by atoms with Crippen LogP contribution in [0.3, 0.4) is 0 Å². The van der Waals surface area contributed by atoms with E-state index in [-0.39, 0.29) is 18.2 Å². The normalized spacial score (nSPS) is 10.6. The maximum absolute atomic E-state index is 12.3. The van der Waals surface area contributed by atoms with Crippen molar-refractivity contribution in [3.8, 4) is 11.4 Å². The highest BCUT2D eigenvalue weighted by Gasteiger charge is 2.07. The van der Waals surface area contributed by atoms with E-state index in [1.54, 1.807) is 35.3 Å². The van der Waals surface area contributed by atoms with Gasteiger partial charge >= 0.3 is 6.61 Å². The van der Waals surface area contributed by atoms with Crippen LogP contribution >= 0.6 is 12.4 Å². The molecular weight excluding hydrogens is 326 g/mol. The molecule has 0 saturated carbocycles. The zero-order valence-corrected chi connectivity index (χ0v) is 13.1. The summed E-state index contributed by atoms with van der Waals surface area (Å²) in [6.07, 6.45) is 7.10. The Hall–Kier alpha value is -2.41. The molecule has 0 fully saturated rings. The lowest BCUT2D eigenvalue weighted by atomic mass is 10.3. The molecule has 0 atom stereocenters. The van der Waals surface area contributed by atoms with Crippen molar-refractivity contribution in [2.24, 2.45) is 0 Å². The molecule has 3 aromatic rings. The van der Waals surface area contributed by atoms with Crippen molar-refractivity contribution in [2.45, 2.75) is 20.1 Å². The Morgan fingerprint density at radius 3 is 2.78 bits per heavy atom. The van der Waals surface area contributed by atoms with Crippen LogP contribution in [0.5, 0.6) is 5.75 Å². The van der Waals surface area contributed by atoms with Crippen LogP contribution in [0, 0.1) is 6.92 Å². The largest absolute Gasteiger partial charge is 0.435 e. The molecule has 1 aromatic carbocycles. The maximum Gasteiger partial charge on any atom is 0.387 e. The highest BCUT2D eigenvalue weighted by atomic mass is 35.5. The van der Waals surface area contributed by atoms with E-state index in [2.05, 4.69) is 14.7 Å². The quantitative estimate of drug-likeness (QED) is 0.714. The summed E-state index contributed by atoms with van der Waals surface area (Å²) in [5.41, 5.74) is 1.56. The average Bonchev–Trinajstić information content (AvgIpc) is 3.09. The number of imidazole rings is 2. The van der Waals surface area contributed by atoms with Crippen molar-refractivity contribution in [1.29, 1.82) is 0 Å². The summed E-state index contributed by atoms with van der Waals surface area (Å²) < 4.78 is 32.7. The molecule has 0 N–H and O–H groups in total. The number of aromatic nitrogens is 4. The number of halogens is 3. The summed E-state index contributed by atoms with van der Waals surface area (Å²) in [6, 6.07) is 6.49. The Kier molecular flexibility index (Phi) is 5.33.